The summed E-state index contributed by atoms with van der Waals surface area (Å²) in [7, 11) is 2.13. The first-order valence-electron chi connectivity index (χ1n) is 15.9. The maximum atomic E-state index is 13.4. The SMILES string of the molecule is CC(C)(O/N=C(\C(=O)N[C@@H]1C(=O)N2C(C(O)O)=C(CCc3ccc(C[N+]4(C)Cc5cc(O)c(O)cc5C4)cc3)CS[C@H]12)c1nsc(N)n1)C(=O)O. The van der Waals surface area contributed by atoms with E-state index in [1.165, 1.54) is 30.5 Å². The second-order valence-electron chi connectivity index (χ2n) is 13.5. The number of amides is 2. The molecule has 6 rings (SSSR count). The molecular weight excluding hydrogens is 703 g/mol. The van der Waals surface area contributed by atoms with E-state index in [-0.39, 0.29) is 28.2 Å². The fraction of sp³-hybridized carbons (Fsp3) is 0.394. The topological polar surface area (TPSA) is 241 Å². The Morgan fingerprint density at radius 1 is 1.12 bits per heavy atom. The number of nitrogens with zero attached hydrogens (tertiary/aromatic N) is 5. The van der Waals surface area contributed by atoms with E-state index in [0.29, 0.717) is 28.7 Å². The molecule has 3 aliphatic rings. The van der Waals surface area contributed by atoms with Crippen molar-refractivity contribution in [1.29, 1.82) is 0 Å². The Balaban J connectivity index is 1.10. The number of fused-ring (bicyclic) bond motifs is 2. The number of rotatable bonds is 12. The van der Waals surface area contributed by atoms with Crippen LogP contribution in [-0.2, 0) is 45.3 Å². The number of aryl methyl sites for hydroxylation is 1. The molecule has 0 unspecified atom stereocenters. The van der Waals surface area contributed by atoms with Crippen molar-refractivity contribution in [1.82, 2.24) is 19.6 Å². The molecule has 3 aromatic rings. The summed E-state index contributed by atoms with van der Waals surface area (Å²) in [4.78, 5) is 48.5. The Bertz CT molecular complexity index is 1910. The number of nitrogen functional groups attached to an aromatic ring is 1. The number of aliphatic hydroxyl groups excluding tert-OH is 1. The van der Waals surface area contributed by atoms with E-state index in [4.69, 9.17) is 10.6 Å². The molecule has 18 heteroatoms. The molecule has 51 heavy (non-hydrogen) atoms. The second-order valence-corrected chi connectivity index (χ2v) is 15.4. The molecule has 1 saturated heterocycles. The minimum atomic E-state index is -1.92. The zero-order valence-corrected chi connectivity index (χ0v) is 29.6. The highest BCUT2D eigenvalue weighted by molar-refractivity contribution is 8.00. The van der Waals surface area contributed by atoms with E-state index in [1.807, 2.05) is 12.1 Å². The summed E-state index contributed by atoms with van der Waals surface area (Å²) in [6, 6.07) is 10.4. The van der Waals surface area contributed by atoms with Gasteiger partial charge in [0.15, 0.2) is 22.9 Å². The summed E-state index contributed by atoms with van der Waals surface area (Å²) in [5, 5.41) is 55.5. The number of carbonyl (C=O) groups excluding carboxylic acids is 2. The number of hydrogen-bond donors (Lipinski definition) is 7. The Hall–Kier alpha value is -4.75. The largest absolute Gasteiger partial charge is 0.504 e. The number of quaternary nitrogens is 1. The number of β-lactam (4-membered cyclic amide) rings is 1. The molecule has 1 fully saturated rings. The number of phenols is 2. The molecule has 270 valence electrons. The lowest BCUT2D eigenvalue weighted by Crippen LogP contribution is -2.71. The molecule has 4 heterocycles. The fourth-order valence-corrected chi connectivity index (χ4v) is 8.22. The highest BCUT2D eigenvalue weighted by Crippen LogP contribution is 2.42. The van der Waals surface area contributed by atoms with E-state index < -0.39 is 46.8 Å². The third-order valence-corrected chi connectivity index (χ3v) is 11.0. The maximum Gasteiger partial charge on any atom is 0.350 e. The van der Waals surface area contributed by atoms with Crippen molar-refractivity contribution < 1.29 is 49.2 Å². The van der Waals surface area contributed by atoms with Gasteiger partial charge in [-0.3, -0.25) is 14.5 Å². The number of carbonyl (C=O) groups is 3. The quantitative estimate of drug-likeness (QED) is 0.0347. The number of phenolic OH excluding ortho intramolecular Hbond substituents is 2. The van der Waals surface area contributed by atoms with Crippen molar-refractivity contribution in [3.8, 4) is 11.5 Å². The van der Waals surface area contributed by atoms with E-state index in [9.17, 15) is 39.9 Å². The number of anilines is 1. The Morgan fingerprint density at radius 3 is 2.31 bits per heavy atom. The molecular formula is C33H38N7O9S2+. The first-order chi connectivity index (χ1) is 24.0. The summed E-state index contributed by atoms with van der Waals surface area (Å²) in [5.74, 6) is -2.85. The summed E-state index contributed by atoms with van der Waals surface area (Å²) >= 11 is 2.15. The van der Waals surface area contributed by atoms with Crippen molar-refractivity contribution in [2.75, 3.05) is 18.5 Å². The zero-order chi connectivity index (χ0) is 36.8. The molecule has 16 nitrogen and oxygen atoms in total. The molecule has 0 aliphatic carbocycles. The van der Waals surface area contributed by atoms with Crippen LogP contribution in [-0.4, -0.2) is 104 Å². The van der Waals surface area contributed by atoms with Gasteiger partial charge in [0.1, 0.15) is 31.0 Å². The lowest BCUT2D eigenvalue weighted by molar-refractivity contribution is -0.941. The van der Waals surface area contributed by atoms with E-state index in [0.717, 1.165) is 53.4 Å². The third-order valence-electron chi connectivity index (χ3n) is 9.08. The standard InChI is InChI=1S/C33H37N7O9S2/c1-33(2,31(47)48)49-37-23(26-36-32(34)51-38-26)27(43)35-24-28(44)39-25(30(45)46)18(15-50-29(24)39)9-8-16-4-6-17(7-5-16)12-40(3)13-19-10-21(41)22(42)11-20(19)14-40/h4-7,10-11,24,29-30,45-46H,8-9,12-15H2,1-3H3,(H5-,34,35,36,37,38,41,42,43,47,48)/p+1/t24-,29-/m1/s1. The Labute approximate surface area is 300 Å². The number of nitrogens with two attached hydrogens (primary N) is 1. The van der Waals surface area contributed by atoms with Crippen LogP contribution in [0.2, 0.25) is 0 Å². The number of aliphatic hydroxyl groups is 2. The number of benzene rings is 2. The minimum absolute atomic E-state index is 0.0287. The van der Waals surface area contributed by atoms with E-state index in [1.54, 1.807) is 12.1 Å². The molecule has 0 saturated carbocycles. The first kappa shape index (κ1) is 36.1. The van der Waals surface area contributed by atoms with Crippen LogP contribution in [0.4, 0.5) is 5.13 Å². The van der Waals surface area contributed by atoms with Gasteiger partial charge in [-0.25, -0.2) is 4.79 Å². The minimum Gasteiger partial charge on any atom is -0.504 e. The van der Waals surface area contributed by atoms with Crippen LogP contribution in [0.5, 0.6) is 11.5 Å². The van der Waals surface area contributed by atoms with Gasteiger partial charge in [0.25, 0.3) is 11.8 Å². The number of nitrogens with one attached hydrogen (secondary N) is 1. The average Bonchev–Trinajstić information content (AvgIpc) is 3.64. The third kappa shape index (κ3) is 7.36. The predicted molar refractivity (Wildman–Crippen MR) is 186 cm³/mol. The molecule has 2 amide bonds. The van der Waals surface area contributed by atoms with Crippen LogP contribution < -0.4 is 11.1 Å². The van der Waals surface area contributed by atoms with Crippen LogP contribution >= 0.6 is 23.3 Å². The Morgan fingerprint density at radius 2 is 1.75 bits per heavy atom. The molecule has 2 aromatic carbocycles. The number of oxime groups is 1. The number of carboxylic acid groups (broad SMARTS) is 1. The summed E-state index contributed by atoms with van der Waals surface area (Å²) in [6.45, 7) is 4.70. The van der Waals surface area contributed by atoms with Gasteiger partial charge in [0.05, 0.1) is 12.7 Å². The van der Waals surface area contributed by atoms with Crippen LogP contribution in [0.25, 0.3) is 0 Å². The number of aromatic hydroxyl groups is 2. The number of aromatic nitrogens is 2. The van der Waals surface area contributed by atoms with Crippen LogP contribution in [0.1, 0.15) is 48.3 Å². The van der Waals surface area contributed by atoms with Gasteiger partial charge >= 0.3 is 5.97 Å². The van der Waals surface area contributed by atoms with E-state index in [2.05, 4.69) is 39.0 Å². The lowest BCUT2D eigenvalue weighted by atomic mass is 9.98. The maximum absolute atomic E-state index is 13.4. The van der Waals surface area contributed by atoms with Crippen LogP contribution in [0, 0.1) is 0 Å². The van der Waals surface area contributed by atoms with Gasteiger partial charge < -0.3 is 45.9 Å². The van der Waals surface area contributed by atoms with E-state index >= 15 is 0 Å². The normalized spacial score (nSPS) is 19.8. The zero-order valence-electron chi connectivity index (χ0n) is 27.9. The predicted octanol–water partition coefficient (Wildman–Crippen LogP) is 1.37. The molecule has 8 N–H and O–H groups in total. The lowest BCUT2D eigenvalue weighted by Gasteiger charge is -2.51. The number of thioether (sulfide) groups is 1. The van der Waals surface area contributed by atoms with Crippen molar-refractivity contribution >= 4 is 51.9 Å². The summed E-state index contributed by atoms with van der Waals surface area (Å²) in [6.07, 6.45) is -0.867. The van der Waals surface area contributed by atoms with Crippen molar-refractivity contribution in [3.05, 3.63) is 75.7 Å². The van der Waals surface area contributed by atoms with Gasteiger partial charge in [-0.1, -0.05) is 29.4 Å². The number of hydrogen-bond acceptors (Lipinski definition) is 14. The van der Waals surface area contributed by atoms with Crippen LogP contribution in [0.15, 0.2) is 52.8 Å². The first-order valence-corrected chi connectivity index (χ1v) is 17.8. The highest BCUT2D eigenvalue weighted by atomic mass is 32.2. The van der Waals surface area contributed by atoms with Gasteiger partial charge in [-0.2, -0.15) is 9.36 Å². The molecule has 2 atom stereocenters. The van der Waals surface area contributed by atoms with Crippen molar-refractivity contribution in [2.45, 2.75) is 69.6 Å². The van der Waals surface area contributed by atoms with Crippen LogP contribution in [0.3, 0.4) is 0 Å². The summed E-state index contributed by atoms with van der Waals surface area (Å²) in [5.41, 5.74) is 8.38. The average molecular weight is 741 g/mol. The number of aliphatic carboxylic acids is 1. The monoisotopic (exact) mass is 740 g/mol. The van der Waals surface area contributed by atoms with Gasteiger partial charge in [-0.05, 0) is 50.0 Å². The smallest absolute Gasteiger partial charge is 0.350 e. The van der Waals surface area contributed by atoms with Gasteiger partial charge in [0.2, 0.25) is 17.1 Å². The van der Waals surface area contributed by atoms with Gasteiger partial charge in [0, 0.05) is 34.0 Å². The van der Waals surface area contributed by atoms with Crippen molar-refractivity contribution in [3.63, 3.8) is 0 Å². The molecule has 1 aromatic heterocycles. The molecule has 0 spiro atoms. The van der Waals surface area contributed by atoms with Gasteiger partial charge in [-0.15, -0.1) is 11.8 Å². The highest BCUT2D eigenvalue weighted by Gasteiger charge is 2.54. The number of carboxylic acids is 1. The van der Waals surface area contributed by atoms with Crippen molar-refractivity contribution in [2.24, 2.45) is 5.16 Å². The molecule has 0 bridgehead atoms. The fourth-order valence-electron chi connectivity index (χ4n) is 6.38. The summed E-state index contributed by atoms with van der Waals surface area (Å²) < 4.78 is 4.67. The second kappa shape index (κ2) is 13.8. The Kier molecular flexibility index (Phi) is 9.73. The molecule has 0 radical (unpaired) electrons. The molecule has 3 aliphatic heterocycles.